The Labute approximate surface area is 94.5 Å². The molecule has 0 aromatic carbocycles. The summed E-state index contributed by atoms with van der Waals surface area (Å²) < 4.78 is 0. The van der Waals surface area contributed by atoms with E-state index in [2.05, 4.69) is 24.1 Å². The van der Waals surface area contributed by atoms with Gasteiger partial charge in [0.15, 0.2) is 0 Å². The molecule has 1 aromatic heterocycles. The number of pyridine rings is 1. The van der Waals surface area contributed by atoms with E-state index in [1.54, 1.807) is 18.0 Å². The molecule has 0 bridgehead atoms. The average Bonchev–Trinajstić information content (AvgIpc) is 2.18. The molecule has 1 unspecified atom stereocenters. The summed E-state index contributed by atoms with van der Waals surface area (Å²) in [4.78, 5) is 4.23. The van der Waals surface area contributed by atoms with Crippen LogP contribution in [0.1, 0.15) is 13.8 Å². The summed E-state index contributed by atoms with van der Waals surface area (Å²) in [6.45, 7) is 6.25. The van der Waals surface area contributed by atoms with Gasteiger partial charge in [0.25, 0.3) is 0 Å². The molecular weight excluding hydrogens is 216 g/mol. The van der Waals surface area contributed by atoms with E-state index in [4.69, 9.17) is 11.6 Å². The zero-order chi connectivity index (χ0) is 10.4. The van der Waals surface area contributed by atoms with Crippen LogP contribution in [-0.4, -0.2) is 23.3 Å². The molecule has 0 saturated carbocycles. The summed E-state index contributed by atoms with van der Waals surface area (Å²) in [6, 6.07) is 3.72. The number of aromatic nitrogens is 1. The zero-order valence-electron chi connectivity index (χ0n) is 8.46. The monoisotopic (exact) mass is 230 g/mol. The number of nitrogens with zero attached hydrogens (tertiary/aromatic N) is 1. The molecule has 4 heteroatoms. The topological polar surface area (TPSA) is 24.9 Å². The molecule has 0 aliphatic carbocycles. The molecule has 0 saturated heterocycles. The second-order valence-electron chi connectivity index (χ2n) is 3.03. The highest BCUT2D eigenvalue weighted by Crippen LogP contribution is 2.27. The number of hydrogen-bond donors (Lipinski definition) is 1. The van der Waals surface area contributed by atoms with Crippen LogP contribution in [0.15, 0.2) is 23.4 Å². The maximum Gasteiger partial charge on any atom is 0.115 e. The van der Waals surface area contributed by atoms with Crippen molar-refractivity contribution in [1.82, 2.24) is 10.3 Å². The Bertz CT molecular complexity index is 281. The summed E-state index contributed by atoms with van der Waals surface area (Å²) >= 11 is 7.70. The standard InChI is InChI=1S/C10H15ClN2S/c1-3-12-7-8(2)14-10-9(11)5-4-6-13-10/h4-6,8,12H,3,7H2,1-2H3. The molecule has 1 aromatic rings. The van der Waals surface area contributed by atoms with Crippen LogP contribution < -0.4 is 5.32 Å². The Morgan fingerprint density at radius 3 is 3.07 bits per heavy atom. The molecule has 0 radical (unpaired) electrons. The third-order valence-corrected chi connectivity index (χ3v) is 3.25. The van der Waals surface area contributed by atoms with E-state index in [1.807, 2.05) is 12.1 Å². The molecule has 2 nitrogen and oxygen atoms in total. The van der Waals surface area contributed by atoms with E-state index in [0.717, 1.165) is 23.1 Å². The van der Waals surface area contributed by atoms with E-state index in [0.29, 0.717) is 5.25 Å². The van der Waals surface area contributed by atoms with Gasteiger partial charge in [-0.25, -0.2) is 4.98 Å². The Morgan fingerprint density at radius 1 is 1.64 bits per heavy atom. The highest BCUT2D eigenvalue weighted by atomic mass is 35.5. The van der Waals surface area contributed by atoms with Crippen LogP contribution in [0.2, 0.25) is 5.02 Å². The molecule has 1 heterocycles. The SMILES string of the molecule is CCNCC(C)Sc1ncccc1Cl. The number of rotatable bonds is 5. The van der Waals surface area contributed by atoms with Crippen molar-refractivity contribution in [3.8, 4) is 0 Å². The van der Waals surface area contributed by atoms with Gasteiger partial charge in [-0.2, -0.15) is 0 Å². The van der Waals surface area contributed by atoms with Crippen molar-refractivity contribution >= 4 is 23.4 Å². The first-order valence-electron chi connectivity index (χ1n) is 4.72. The predicted molar refractivity (Wildman–Crippen MR) is 63.1 cm³/mol. The molecule has 14 heavy (non-hydrogen) atoms. The molecular formula is C10H15ClN2S. The third-order valence-electron chi connectivity index (χ3n) is 1.72. The Morgan fingerprint density at radius 2 is 2.43 bits per heavy atom. The fraction of sp³-hybridized carbons (Fsp3) is 0.500. The van der Waals surface area contributed by atoms with Gasteiger partial charge < -0.3 is 5.32 Å². The number of nitrogens with one attached hydrogen (secondary N) is 1. The number of thioether (sulfide) groups is 1. The van der Waals surface area contributed by atoms with Crippen LogP contribution in [0.5, 0.6) is 0 Å². The van der Waals surface area contributed by atoms with E-state index in [-0.39, 0.29) is 0 Å². The van der Waals surface area contributed by atoms with E-state index >= 15 is 0 Å². The van der Waals surface area contributed by atoms with Gasteiger partial charge >= 0.3 is 0 Å². The zero-order valence-corrected chi connectivity index (χ0v) is 10.0. The fourth-order valence-corrected chi connectivity index (χ4v) is 2.18. The minimum Gasteiger partial charge on any atom is -0.316 e. The van der Waals surface area contributed by atoms with Crippen molar-refractivity contribution in [2.45, 2.75) is 24.1 Å². The maximum absolute atomic E-state index is 6.00. The molecule has 0 aliphatic rings. The highest BCUT2D eigenvalue weighted by Gasteiger charge is 2.07. The Balaban J connectivity index is 2.47. The second kappa shape index (κ2) is 6.27. The number of halogens is 1. The molecule has 0 amide bonds. The van der Waals surface area contributed by atoms with Crippen LogP contribution in [0.3, 0.4) is 0 Å². The van der Waals surface area contributed by atoms with Crippen molar-refractivity contribution in [3.63, 3.8) is 0 Å². The van der Waals surface area contributed by atoms with Gasteiger partial charge in [0.2, 0.25) is 0 Å². The van der Waals surface area contributed by atoms with Crippen molar-refractivity contribution in [1.29, 1.82) is 0 Å². The van der Waals surface area contributed by atoms with Crippen molar-refractivity contribution in [3.05, 3.63) is 23.4 Å². The quantitative estimate of drug-likeness (QED) is 0.788. The summed E-state index contributed by atoms with van der Waals surface area (Å²) in [7, 11) is 0. The normalized spacial score (nSPS) is 12.8. The predicted octanol–water partition coefficient (Wildman–Crippen LogP) is 2.83. The smallest absolute Gasteiger partial charge is 0.115 e. The number of hydrogen-bond acceptors (Lipinski definition) is 3. The van der Waals surface area contributed by atoms with Gasteiger partial charge in [0.1, 0.15) is 5.03 Å². The van der Waals surface area contributed by atoms with Gasteiger partial charge in [-0.15, -0.1) is 11.8 Å². The van der Waals surface area contributed by atoms with Crippen LogP contribution in [0.4, 0.5) is 0 Å². The average molecular weight is 231 g/mol. The lowest BCUT2D eigenvalue weighted by Gasteiger charge is -2.11. The lowest BCUT2D eigenvalue weighted by atomic mass is 10.5. The summed E-state index contributed by atoms with van der Waals surface area (Å²) in [5.74, 6) is 0. The van der Waals surface area contributed by atoms with Gasteiger partial charge in [-0.1, -0.05) is 25.4 Å². The molecule has 0 aliphatic heterocycles. The van der Waals surface area contributed by atoms with Crippen LogP contribution >= 0.6 is 23.4 Å². The van der Waals surface area contributed by atoms with Gasteiger partial charge in [0, 0.05) is 18.0 Å². The van der Waals surface area contributed by atoms with Crippen LogP contribution in [-0.2, 0) is 0 Å². The highest BCUT2D eigenvalue weighted by molar-refractivity contribution is 8.00. The molecule has 0 fully saturated rings. The van der Waals surface area contributed by atoms with E-state index in [1.165, 1.54) is 0 Å². The first kappa shape index (κ1) is 11.8. The first-order valence-corrected chi connectivity index (χ1v) is 5.97. The van der Waals surface area contributed by atoms with Gasteiger partial charge in [-0.05, 0) is 18.7 Å². The van der Waals surface area contributed by atoms with Crippen LogP contribution in [0, 0.1) is 0 Å². The first-order chi connectivity index (χ1) is 6.74. The lowest BCUT2D eigenvalue weighted by molar-refractivity contribution is 0.712. The van der Waals surface area contributed by atoms with E-state index in [9.17, 15) is 0 Å². The van der Waals surface area contributed by atoms with Crippen molar-refractivity contribution in [2.24, 2.45) is 0 Å². The largest absolute Gasteiger partial charge is 0.316 e. The molecule has 0 spiro atoms. The fourth-order valence-electron chi connectivity index (χ4n) is 1.04. The maximum atomic E-state index is 6.00. The minimum absolute atomic E-state index is 0.488. The lowest BCUT2D eigenvalue weighted by Crippen LogP contribution is -2.22. The van der Waals surface area contributed by atoms with Crippen LogP contribution in [0.25, 0.3) is 0 Å². The summed E-state index contributed by atoms with van der Waals surface area (Å²) in [5, 5.41) is 5.44. The third kappa shape index (κ3) is 3.86. The summed E-state index contributed by atoms with van der Waals surface area (Å²) in [5.41, 5.74) is 0. The van der Waals surface area contributed by atoms with Crippen molar-refractivity contribution in [2.75, 3.05) is 13.1 Å². The molecule has 1 N–H and O–H groups in total. The van der Waals surface area contributed by atoms with Gasteiger partial charge in [0.05, 0.1) is 5.02 Å². The van der Waals surface area contributed by atoms with Crippen molar-refractivity contribution < 1.29 is 0 Å². The minimum atomic E-state index is 0.488. The van der Waals surface area contributed by atoms with E-state index < -0.39 is 0 Å². The Hall–Kier alpha value is -0.250. The second-order valence-corrected chi connectivity index (χ2v) is 4.86. The molecule has 1 rings (SSSR count). The summed E-state index contributed by atoms with van der Waals surface area (Å²) in [6.07, 6.45) is 1.77. The molecule has 1 atom stereocenters. The Kier molecular flexibility index (Phi) is 5.30. The van der Waals surface area contributed by atoms with Gasteiger partial charge in [-0.3, -0.25) is 0 Å². The molecule has 78 valence electrons.